The van der Waals surface area contributed by atoms with Crippen LogP contribution in [0.25, 0.3) is 0 Å². The molecular weight excluding hydrogens is 288 g/mol. The summed E-state index contributed by atoms with van der Waals surface area (Å²) in [5.74, 6) is 0.578. The average Bonchev–Trinajstić information content (AvgIpc) is 3.12. The van der Waals surface area contributed by atoms with Crippen LogP contribution in [0.5, 0.6) is 0 Å². The fourth-order valence-electron chi connectivity index (χ4n) is 2.68. The lowest BCUT2D eigenvalue weighted by Gasteiger charge is -2.19. The highest BCUT2D eigenvalue weighted by Gasteiger charge is 2.17. The maximum Gasteiger partial charge on any atom is 0.232 e. The van der Waals surface area contributed by atoms with E-state index >= 15 is 0 Å². The third kappa shape index (κ3) is 4.10. The van der Waals surface area contributed by atoms with Crippen LogP contribution in [0.15, 0.2) is 16.9 Å². The summed E-state index contributed by atoms with van der Waals surface area (Å²) in [7, 11) is 0. The molecule has 2 heterocycles. The van der Waals surface area contributed by atoms with Crippen LogP contribution >= 0.6 is 11.3 Å². The molecular formula is C14H18N4O2S. The van der Waals surface area contributed by atoms with Crippen LogP contribution in [0.4, 0.5) is 5.13 Å². The first-order valence-corrected chi connectivity index (χ1v) is 8.13. The van der Waals surface area contributed by atoms with Crippen molar-refractivity contribution in [1.29, 1.82) is 0 Å². The van der Waals surface area contributed by atoms with Crippen molar-refractivity contribution < 1.29 is 9.32 Å². The van der Waals surface area contributed by atoms with Crippen molar-refractivity contribution in [2.45, 2.75) is 44.9 Å². The number of amides is 1. The zero-order chi connectivity index (χ0) is 14.5. The van der Waals surface area contributed by atoms with E-state index in [9.17, 15) is 4.79 Å². The molecule has 1 aliphatic rings. The highest BCUT2D eigenvalue weighted by molar-refractivity contribution is 7.15. The molecule has 112 valence electrons. The Kier molecular flexibility index (Phi) is 4.59. The number of nitrogens with one attached hydrogen (secondary N) is 1. The highest BCUT2D eigenvalue weighted by atomic mass is 32.1. The van der Waals surface area contributed by atoms with Crippen LogP contribution < -0.4 is 5.32 Å². The Hall–Kier alpha value is -1.76. The summed E-state index contributed by atoms with van der Waals surface area (Å²) in [6.07, 6.45) is 9.20. The van der Waals surface area contributed by atoms with Crippen molar-refractivity contribution in [3.63, 3.8) is 0 Å². The van der Waals surface area contributed by atoms with Crippen LogP contribution in [0.2, 0.25) is 0 Å². The Morgan fingerprint density at radius 1 is 1.33 bits per heavy atom. The van der Waals surface area contributed by atoms with Crippen LogP contribution in [0.1, 0.15) is 42.8 Å². The van der Waals surface area contributed by atoms with Gasteiger partial charge in [-0.25, -0.2) is 0 Å². The van der Waals surface area contributed by atoms with Gasteiger partial charge in [-0.1, -0.05) is 48.6 Å². The smallest absolute Gasteiger partial charge is 0.232 e. The monoisotopic (exact) mass is 306 g/mol. The van der Waals surface area contributed by atoms with E-state index in [2.05, 4.69) is 20.7 Å². The lowest BCUT2D eigenvalue weighted by atomic mass is 9.87. The number of aromatic nitrogens is 3. The van der Waals surface area contributed by atoms with Gasteiger partial charge in [-0.05, 0) is 5.92 Å². The number of anilines is 1. The second-order valence-electron chi connectivity index (χ2n) is 5.42. The Bertz CT molecular complexity index is 576. The summed E-state index contributed by atoms with van der Waals surface area (Å²) in [5, 5.41) is 16.3. The summed E-state index contributed by atoms with van der Waals surface area (Å²) in [6, 6.07) is 1.67. The number of hydrogen-bond donors (Lipinski definition) is 1. The summed E-state index contributed by atoms with van der Waals surface area (Å²) >= 11 is 1.47. The summed E-state index contributed by atoms with van der Waals surface area (Å²) in [6.45, 7) is 0. The lowest BCUT2D eigenvalue weighted by molar-refractivity contribution is -0.115. The number of nitrogens with zero attached hydrogens (tertiary/aromatic N) is 3. The van der Waals surface area contributed by atoms with Gasteiger partial charge in [0.1, 0.15) is 11.3 Å². The quantitative estimate of drug-likeness (QED) is 0.918. The van der Waals surface area contributed by atoms with Gasteiger partial charge in [0.15, 0.2) is 0 Å². The van der Waals surface area contributed by atoms with E-state index in [1.165, 1.54) is 49.7 Å². The van der Waals surface area contributed by atoms with Crippen molar-refractivity contribution in [3.8, 4) is 0 Å². The van der Waals surface area contributed by atoms with Gasteiger partial charge in [-0.2, -0.15) is 0 Å². The minimum atomic E-state index is -0.149. The zero-order valence-corrected chi connectivity index (χ0v) is 12.6. The second-order valence-corrected chi connectivity index (χ2v) is 6.49. The molecule has 2 aromatic heterocycles. The fraction of sp³-hybridized carbons (Fsp3) is 0.571. The molecule has 1 N–H and O–H groups in total. The first-order chi connectivity index (χ1) is 10.3. The lowest BCUT2D eigenvalue weighted by Crippen LogP contribution is -2.14. The Morgan fingerprint density at radius 2 is 2.19 bits per heavy atom. The fourth-order valence-corrected chi connectivity index (χ4v) is 3.55. The van der Waals surface area contributed by atoms with Crippen molar-refractivity contribution in [3.05, 3.63) is 23.0 Å². The van der Waals surface area contributed by atoms with Crippen LogP contribution in [-0.4, -0.2) is 21.3 Å². The van der Waals surface area contributed by atoms with E-state index in [1.807, 2.05) is 0 Å². The third-order valence-electron chi connectivity index (χ3n) is 3.73. The van der Waals surface area contributed by atoms with Crippen molar-refractivity contribution in [1.82, 2.24) is 15.4 Å². The van der Waals surface area contributed by atoms with Gasteiger partial charge in [-0.15, -0.1) is 10.2 Å². The largest absolute Gasteiger partial charge is 0.364 e. The summed E-state index contributed by atoms with van der Waals surface area (Å²) in [5.41, 5.74) is 0.611. The van der Waals surface area contributed by atoms with E-state index in [0.717, 1.165) is 17.3 Å². The molecule has 1 aliphatic carbocycles. The van der Waals surface area contributed by atoms with Crippen molar-refractivity contribution in [2.75, 3.05) is 5.32 Å². The Balaban J connectivity index is 1.51. The van der Waals surface area contributed by atoms with Crippen LogP contribution in [0, 0.1) is 5.92 Å². The number of rotatable bonds is 5. The molecule has 6 nitrogen and oxygen atoms in total. The molecule has 1 saturated carbocycles. The molecule has 0 aromatic carbocycles. The van der Waals surface area contributed by atoms with Gasteiger partial charge in [0.05, 0.1) is 12.1 Å². The summed E-state index contributed by atoms with van der Waals surface area (Å²) in [4.78, 5) is 11.8. The molecule has 2 aromatic rings. The van der Waals surface area contributed by atoms with E-state index in [1.54, 1.807) is 6.07 Å². The minimum absolute atomic E-state index is 0.149. The second kappa shape index (κ2) is 6.80. The molecule has 0 spiro atoms. The van der Waals surface area contributed by atoms with Gasteiger partial charge in [0.25, 0.3) is 0 Å². The van der Waals surface area contributed by atoms with E-state index < -0.39 is 0 Å². The van der Waals surface area contributed by atoms with Gasteiger partial charge < -0.3 is 9.84 Å². The number of carbonyl (C=O) groups is 1. The number of hydrogen-bond acceptors (Lipinski definition) is 6. The third-order valence-corrected chi connectivity index (χ3v) is 4.60. The molecule has 0 atom stereocenters. The molecule has 21 heavy (non-hydrogen) atoms. The zero-order valence-electron chi connectivity index (χ0n) is 11.7. The van der Waals surface area contributed by atoms with Crippen molar-refractivity contribution >= 4 is 22.4 Å². The molecule has 0 saturated heterocycles. The predicted molar refractivity (Wildman–Crippen MR) is 79.0 cm³/mol. The first kappa shape index (κ1) is 14.2. The molecule has 0 bridgehead atoms. The van der Waals surface area contributed by atoms with Crippen LogP contribution in [0.3, 0.4) is 0 Å². The normalized spacial score (nSPS) is 16.0. The minimum Gasteiger partial charge on any atom is -0.364 e. The molecule has 3 rings (SSSR count). The molecule has 1 fully saturated rings. The first-order valence-electron chi connectivity index (χ1n) is 7.31. The van der Waals surface area contributed by atoms with Gasteiger partial charge in [-0.3, -0.25) is 4.79 Å². The molecule has 7 heteroatoms. The van der Waals surface area contributed by atoms with Gasteiger partial charge >= 0.3 is 0 Å². The molecule has 0 unspecified atom stereocenters. The Labute approximate surface area is 126 Å². The van der Waals surface area contributed by atoms with E-state index in [4.69, 9.17) is 4.52 Å². The maximum atomic E-state index is 11.8. The molecule has 0 radical (unpaired) electrons. The standard InChI is InChI=1S/C14H18N4O2S/c19-12(9-11-6-7-20-18-11)15-14-17-16-13(21-14)8-10-4-2-1-3-5-10/h6-7,10H,1-5,8-9H2,(H,15,17,19). The molecule has 0 aliphatic heterocycles. The van der Waals surface area contributed by atoms with Gasteiger partial charge in [0, 0.05) is 12.5 Å². The van der Waals surface area contributed by atoms with Crippen LogP contribution in [-0.2, 0) is 17.6 Å². The Morgan fingerprint density at radius 3 is 2.95 bits per heavy atom. The molecule has 1 amide bonds. The SMILES string of the molecule is O=C(Cc1ccon1)Nc1nnc(CC2CCCCC2)s1. The van der Waals surface area contributed by atoms with E-state index in [-0.39, 0.29) is 12.3 Å². The van der Waals surface area contributed by atoms with Gasteiger partial charge in [0.2, 0.25) is 11.0 Å². The highest BCUT2D eigenvalue weighted by Crippen LogP contribution is 2.28. The number of carbonyl (C=O) groups excluding carboxylic acids is 1. The van der Waals surface area contributed by atoms with Crippen molar-refractivity contribution in [2.24, 2.45) is 5.92 Å². The topological polar surface area (TPSA) is 80.9 Å². The maximum absolute atomic E-state index is 11.8. The predicted octanol–water partition coefficient (Wildman–Crippen LogP) is 2.83. The summed E-state index contributed by atoms with van der Waals surface area (Å²) < 4.78 is 4.70. The average molecular weight is 306 g/mol. The van der Waals surface area contributed by atoms with E-state index in [0.29, 0.717) is 10.8 Å².